The normalized spacial score (nSPS) is 12.9. The zero-order valence-electron chi connectivity index (χ0n) is 20.7. The quantitative estimate of drug-likeness (QED) is 0.257. The van der Waals surface area contributed by atoms with Gasteiger partial charge in [-0.25, -0.2) is 0 Å². The maximum atomic E-state index is 9.11. The van der Waals surface area contributed by atoms with E-state index in [1.54, 1.807) is 0 Å². The van der Waals surface area contributed by atoms with Gasteiger partial charge in [0.15, 0.2) is 0 Å². The van der Waals surface area contributed by atoms with Crippen LogP contribution in [0.15, 0.2) is 109 Å². The maximum absolute atomic E-state index is 9.11. The molecule has 182 valence electrons. The maximum Gasteiger partial charge on any atom is 0.123 e. The zero-order chi connectivity index (χ0) is 25.0. The van der Waals surface area contributed by atoms with Crippen LogP contribution in [0.4, 0.5) is 0 Å². The molecule has 0 aliphatic rings. The minimum absolute atomic E-state index is 0.00997. The molecule has 4 aromatic carbocycles. The Morgan fingerprint density at radius 2 is 1.50 bits per heavy atom. The number of ether oxygens (including phenoxy) is 2. The fraction of sp³-hybridized carbons (Fsp3) is 0.188. The van der Waals surface area contributed by atoms with Crippen LogP contribution < -0.4 is 9.47 Å². The minimum atomic E-state index is -0.503. The number of aliphatic hydroxyl groups is 1. The first-order valence-corrected chi connectivity index (χ1v) is 12.3. The molecular weight excluding hydrogens is 446 g/mol. The molecule has 1 atom stereocenters. The van der Waals surface area contributed by atoms with Crippen LogP contribution in [0.1, 0.15) is 29.2 Å². The lowest BCUT2D eigenvalue weighted by Gasteiger charge is -2.34. The molecule has 4 heteroatoms. The molecule has 1 N–H and O–H groups in total. The lowest BCUT2D eigenvalue weighted by atomic mass is 9.83. The summed E-state index contributed by atoms with van der Waals surface area (Å²) in [7, 11) is 0. The second-order valence-electron chi connectivity index (χ2n) is 9.17. The summed E-state index contributed by atoms with van der Waals surface area (Å²) in [6, 6.07) is 35.5. The summed E-state index contributed by atoms with van der Waals surface area (Å²) in [4.78, 5) is 0. The second-order valence-corrected chi connectivity index (χ2v) is 9.17. The molecule has 0 spiro atoms. The van der Waals surface area contributed by atoms with E-state index in [1.165, 1.54) is 5.39 Å². The molecule has 1 heterocycles. The molecule has 36 heavy (non-hydrogen) atoms. The third kappa shape index (κ3) is 4.60. The third-order valence-corrected chi connectivity index (χ3v) is 6.85. The van der Waals surface area contributed by atoms with Gasteiger partial charge in [-0.1, -0.05) is 72.8 Å². The summed E-state index contributed by atoms with van der Waals surface area (Å²) in [6.07, 6.45) is 2.16. The van der Waals surface area contributed by atoms with Gasteiger partial charge in [-0.05, 0) is 71.8 Å². The van der Waals surface area contributed by atoms with Gasteiger partial charge >= 0.3 is 0 Å². The number of hydrogen-bond donors (Lipinski definition) is 1. The van der Waals surface area contributed by atoms with E-state index in [0.717, 1.165) is 39.3 Å². The Hall–Kier alpha value is -4.02. The fourth-order valence-electron chi connectivity index (χ4n) is 4.75. The monoisotopic (exact) mass is 477 g/mol. The van der Waals surface area contributed by atoms with Gasteiger partial charge in [0.1, 0.15) is 24.7 Å². The number of nitrogens with zero attached hydrogens (tertiary/aromatic N) is 1. The van der Waals surface area contributed by atoms with E-state index >= 15 is 0 Å². The Morgan fingerprint density at radius 1 is 0.778 bits per heavy atom. The highest BCUT2D eigenvalue weighted by atomic mass is 16.5. The first kappa shape index (κ1) is 23.7. The van der Waals surface area contributed by atoms with Gasteiger partial charge < -0.3 is 19.1 Å². The highest BCUT2D eigenvalue weighted by molar-refractivity contribution is 5.81. The van der Waals surface area contributed by atoms with Crippen molar-refractivity contribution >= 4 is 10.9 Å². The summed E-state index contributed by atoms with van der Waals surface area (Å²) in [5.74, 6) is 1.62. The third-order valence-electron chi connectivity index (χ3n) is 6.85. The first-order valence-electron chi connectivity index (χ1n) is 12.3. The van der Waals surface area contributed by atoms with Gasteiger partial charge in [0.25, 0.3) is 0 Å². The molecule has 1 aromatic heterocycles. The second kappa shape index (κ2) is 10.3. The Bertz CT molecular complexity index is 1440. The van der Waals surface area contributed by atoms with Gasteiger partial charge in [-0.3, -0.25) is 0 Å². The van der Waals surface area contributed by atoms with Gasteiger partial charge in [-0.2, -0.15) is 0 Å². The van der Waals surface area contributed by atoms with Crippen LogP contribution in [0.5, 0.6) is 11.5 Å². The van der Waals surface area contributed by atoms with Crippen molar-refractivity contribution in [3.63, 3.8) is 0 Å². The Balaban J connectivity index is 1.59. The predicted octanol–water partition coefficient (Wildman–Crippen LogP) is 6.71. The Morgan fingerprint density at radius 3 is 2.28 bits per heavy atom. The van der Waals surface area contributed by atoms with E-state index in [0.29, 0.717) is 6.61 Å². The van der Waals surface area contributed by atoms with Crippen LogP contribution in [0.2, 0.25) is 0 Å². The molecule has 5 aromatic rings. The molecule has 0 amide bonds. The van der Waals surface area contributed by atoms with Crippen LogP contribution in [0.3, 0.4) is 0 Å². The number of hydrogen-bond acceptors (Lipinski definition) is 3. The van der Waals surface area contributed by atoms with Crippen LogP contribution in [-0.2, 0) is 12.1 Å². The van der Waals surface area contributed by atoms with E-state index in [2.05, 4.69) is 97.4 Å². The molecule has 4 nitrogen and oxygen atoms in total. The number of para-hydroxylation sites is 1. The number of rotatable bonds is 9. The molecular formula is C32H31NO3. The van der Waals surface area contributed by atoms with Crippen LogP contribution in [0, 0.1) is 6.92 Å². The summed E-state index contributed by atoms with van der Waals surface area (Å²) in [6.45, 7) is 5.11. The predicted molar refractivity (Wildman–Crippen MR) is 145 cm³/mol. The largest absolute Gasteiger partial charge is 0.491 e. The molecule has 0 saturated carbocycles. The molecule has 0 aliphatic carbocycles. The smallest absolute Gasteiger partial charge is 0.123 e. The number of fused-ring (bicyclic) bond motifs is 1. The van der Waals surface area contributed by atoms with E-state index < -0.39 is 5.54 Å². The molecule has 0 saturated heterocycles. The van der Waals surface area contributed by atoms with Crippen LogP contribution >= 0.6 is 0 Å². The van der Waals surface area contributed by atoms with E-state index in [1.807, 2.05) is 30.3 Å². The van der Waals surface area contributed by atoms with Crippen molar-refractivity contribution in [1.82, 2.24) is 4.57 Å². The fourth-order valence-corrected chi connectivity index (χ4v) is 4.75. The van der Waals surface area contributed by atoms with E-state index in [4.69, 9.17) is 14.6 Å². The summed E-state index contributed by atoms with van der Waals surface area (Å²) < 4.78 is 14.3. The topological polar surface area (TPSA) is 43.6 Å². The van der Waals surface area contributed by atoms with Crippen LogP contribution in [-0.4, -0.2) is 22.9 Å². The van der Waals surface area contributed by atoms with Crippen molar-refractivity contribution in [1.29, 1.82) is 0 Å². The Labute approximate surface area is 212 Å². The number of aryl methyl sites for hydroxylation is 1. The van der Waals surface area contributed by atoms with E-state index in [9.17, 15) is 0 Å². The molecule has 0 fully saturated rings. The SMILES string of the molecule is Cc1ccc(C(C)(c2ccc(OCCO)cc2)n2ccc3ccccc32)cc1OCc1ccccc1. The van der Waals surface area contributed by atoms with Crippen molar-refractivity contribution in [3.8, 4) is 11.5 Å². The van der Waals surface area contributed by atoms with Crippen molar-refractivity contribution in [2.24, 2.45) is 0 Å². The lowest BCUT2D eigenvalue weighted by molar-refractivity contribution is 0.201. The average Bonchev–Trinajstić information content (AvgIpc) is 3.37. The zero-order valence-corrected chi connectivity index (χ0v) is 20.7. The molecule has 0 bridgehead atoms. The summed E-state index contributed by atoms with van der Waals surface area (Å²) >= 11 is 0. The van der Waals surface area contributed by atoms with Gasteiger partial charge in [0.05, 0.1) is 12.1 Å². The molecule has 0 aliphatic heterocycles. The molecule has 5 rings (SSSR count). The summed E-state index contributed by atoms with van der Waals surface area (Å²) in [5.41, 5.74) is 5.14. The Kier molecular flexibility index (Phi) is 6.79. The first-order chi connectivity index (χ1) is 17.6. The highest BCUT2D eigenvalue weighted by Crippen LogP contribution is 2.39. The molecule has 0 radical (unpaired) electrons. The van der Waals surface area contributed by atoms with Crippen molar-refractivity contribution in [2.75, 3.05) is 13.2 Å². The van der Waals surface area contributed by atoms with Gasteiger partial charge in [-0.15, -0.1) is 0 Å². The van der Waals surface area contributed by atoms with Crippen molar-refractivity contribution in [2.45, 2.75) is 26.0 Å². The lowest BCUT2D eigenvalue weighted by Crippen LogP contribution is -2.32. The highest BCUT2D eigenvalue weighted by Gasteiger charge is 2.32. The number of aromatic nitrogens is 1. The number of benzene rings is 4. The van der Waals surface area contributed by atoms with Crippen molar-refractivity contribution in [3.05, 3.63) is 132 Å². The molecule has 1 unspecified atom stereocenters. The average molecular weight is 478 g/mol. The van der Waals surface area contributed by atoms with E-state index in [-0.39, 0.29) is 13.2 Å². The van der Waals surface area contributed by atoms with Gasteiger partial charge in [0.2, 0.25) is 0 Å². The summed E-state index contributed by atoms with van der Waals surface area (Å²) in [5, 5.41) is 10.3. The van der Waals surface area contributed by atoms with Gasteiger partial charge in [0, 0.05) is 11.7 Å². The standard InChI is InChI=1S/C32H31NO3/c1-24-12-13-28(22-31(24)36-23-25-8-4-3-5-9-25)32(2,27-14-16-29(17-15-27)35-21-20-34)33-19-18-26-10-6-7-11-30(26)33/h3-19,22,34H,20-21,23H2,1-2H3. The van der Waals surface area contributed by atoms with Crippen LogP contribution in [0.25, 0.3) is 10.9 Å². The minimum Gasteiger partial charge on any atom is -0.491 e. The van der Waals surface area contributed by atoms with Crippen molar-refractivity contribution < 1.29 is 14.6 Å². The number of aliphatic hydroxyl groups excluding tert-OH is 1.